The molecule has 150 valence electrons. The molecule has 3 amide bonds. The summed E-state index contributed by atoms with van der Waals surface area (Å²) in [5, 5.41) is 0. The average molecular weight is 396 g/mol. The molecule has 9 heteroatoms. The summed E-state index contributed by atoms with van der Waals surface area (Å²) >= 11 is 0. The maximum absolute atomic E-state index is 12.7. The SMILES string of the molecule is C=CCN(CC(F)(F)F)C(=O)c1ccc2c(c1)C(=O)N(CC1CCCO1)C2=O. The predicted molar refractivity (Wildman–Crippen MR) is 92.9 cm³/mol. The fourth-order valence-electron chi connectivity index (χ4n) is 3.36. The molecule has 1 aromatic rings. The van der Waals surface area contributed by atoms with Crippen LogP contribution in [0.2, 0.25) is 0 Å². The number of fused-ring (bicyclic) bond motifs is 1. The minimum Gasteiger partial charge on any atom is -0.376 e. The lowest BCUT2D eigenvalue weighted by atomic mass is 10.0. The fourth-order valence-corrected chi connectivity index (χ4v) is 3.36. The lowest BCUT2D eigenvalue weighted by Crippen LogP contribution is -2.39. The van der Waals surface area contributed by atoms with Gasteiger partial charge in [-0.1, -0.05) is 6.08 Å². The maximum Gasteiger partial charge on any atom is 0.406 e. The summed E-state index contributed by atoms with van der Waals surface area (Å²) in [4.78, 5) is 39.3. The molecule has 3 rings (SSSR count). The smallest absolute Gasteiger partial charge is 0.376 e. The first-order chi connectivity index (χ1) is 13.2. The molecule has 1 atom stereocenters. The number of hydrogen-bond acceptors (Lipinski definition) is 4. The van der Waals surface area contributed by atoms with Gasteiger partial charge in [0.05, 0.1) is 23.8 Å². The zero-order chi connectivity index (χ0) is 20.5. The van der Waals surface area contributed by atoms with Gasteiger partial charge in [0, 0.05) is 18.7 Å². The summed E-state index contributed by atoms with van der Waals surface area (Å²) < 4.78 is 43.7. The Balaban J connectivity index is 1.83. The van der Waals surface area contributed by atoms with Crippen molar-refractivity contribution in [1.29, 1.82) is 0 Å². The van der Waals surface area contributed by atoms with Gasteiger partial charge in [0.2, 0.25) is 0 Å². The Labute approximate surface area is 159 Å². The van der Waals surface area contributed by atoms with E-state index in [2.05, 4.69) is 6.58 Å². The van der Waals surface area contributed by atoms with Crippen LogP contribution in [0.25, 0.3) is 0 Å². The Hall–Kier alpha value is -2.68. The number of carbonyl (C=O) groups is 3. The first-order valence-corrected chi connectivity index (χ1v) is 8.80. The van der Waals surface area contributed by atoms with Crippen molar-refractivity contribution in [3.8, 4) is 0 Å². The number of hydrogen-bond donors (Lipinski definition) is 0. The van der Waals surface area contributed by atoms with E-state index in [-0.39, 0.29) is 35.9 Å². The van der Waals surface area contributed by atoms with Gasteiger partial charge in [0.25, 0.3) is 17.7 Å². The molecule has 28 heavy (non-hydrogen) atoms. The molecule has 0 N–H and O–H groups in total. The quantitative estimate of drug-likeness (QED) is 0.548. The average Bonchev–Trinajstić information content (AvgIpc) is 3.23. The van der Waals surface area contributed by atoms with E-state index in [1.807, 2.05) is 0 Å². The Kier molecular flexibility index (Phi) is 5.55. The van der Waals surface area contributed by atoms with Gasteiger partial charge in [-0.3, -0.25) is 19.3 Å². The maximum atomic E-state index is 12.7. The number of nitrogens with zero attached hydrogens (tertiary/aromatic N) is 2. The zero-order valence-corrected chi connectivity index (χ0v) is 15.0. The zero-order valence-electron chi connectivity index (χ0n) is 15.0. The summed E-state index contributed by atoms with van der Waals surface area (Å²) in [6.45, 7) is 2.32. The van der Waals surface area contributed by atoms with Gasteiger partial charge < -0.3 is 9.64 Å². The topological polar surface area (TPSA) is 66.9 Å². The van der Waals surface area contributed by atoms with Crippen molar-refractivity contribution in [2.75, 3.05) is 26.2 Å². The van der Waals surface area contributed by atoms with Gasteiger partial charge in [-0.15, -0.1) is 6.58 Å². The van der Waals surface area contributed by atoms with E-state index < -0.39 is 30.4 Å². The highest BCUT2D eigenvalue weighted by Crippen LogP contribution is 2.27. The van der Waals surface area contributed by atoms with Crippen LogP contribution in [0, 0.1) is 0 Å². The standard InChI is InChI=1S/C19H19F3N2O4/c1-2-7-23(11-19(20,21)22)16(25)12-5-6-14-15(9-12)18(27)24(17(14)26)10-13-4-3-8-28-13/h2,5-6,9,13H,1,3-4,7-8,10-11H2. The number of rotatable bonds is 6. The Bertz CT molecular complexity index is 816. The lowest BCUT2D eigenvalue weighted by Gasteiger charge is -2.22. The molecule has 1 unspecified atom stereocenters. The number of benzene rings is 1. The van der Waals surface area contributed by atoms with E-state index in [4.69, 9.17) is 4.74 Å². The van der Waals surface area contributed by atoms with Gasteiger partial charge in [0.1, 0.15) is 6.54 Å². The molecule has 2 heterocycles. The van der Waals surface area contributed by atoms with Crippen LogP contribution in [0.3, 0.4) is 0 Å². The predicted octanol–water partition coefficient (Wildman–Crippen LogP) is 2.65. The third-order valence-corrected chi connectivity index (χ3v) is 4.63. The van der Waals surface area contributed by atoms with E-state index >= 15 is 0 Å². The molecule has 0 aliphatic carbocycles. The number of imide groups is 1. The lowest BCUT2D eigenvalue weighted by molar-refractivity contribution is -0.139. The van der Waals surface area contributed by atoms with Crippen molar-refractivity contribution in [3.63, 3.8) is 0 Å². The molecule has 1 saturated heterocycles. The largest absolute Gasteiger partial charge is 0.406 e. The molecule has 2 aliphatic heterocycles. The monoisotopic (exact) mass is 396 g/mol. The van der Waals surface area contributed by atoms with Crippen LogP contribution in [0.5, 0.6) is 0 Å². The van der Waals surface area contributed by atoms with Crippen molar-refractivity contribution in [1.82, 2.24) is 9.80 Å². The van der Waals surface area contributed by atoms with E-state index in [0.717, 1.165) is 17.7 Å². The van der Waals surface area contributed by atoms with Crippen molar-refractivity contribution < 1.29 is 32.3 Å². The fraction of sp³-hybridized carbons (Fsp3) is 0.421. The van der Waals surface area contributed by atoms with Crippen molar-refractivity contribution >= 4 is 17.7 Å². The van der Waals surface area contributed by atoms with E-state index in [1.54, 1.807) is 0 Å². The second-order valence-corrected chi connectivity index (χ2v) is 6.71. The van der Waals surface area contributed by atoms with Crippen molar-refractivity contribution in [2.24, 2.45) is 0 Å². The van der Waals surface area contributed by atoms with Gasteiger partial charge in [-0.2, -0.15) is 13.2 Å². The van der Waals surface area contributed by atoms with Crippen LogP contribution in [0.15, 0.2) is 30.9 Å². The number of ether oxygens (including phenoxy) is 1. The van der Waals surface area contributed by atoms with Crippen LogP contribution in [0.1, 0.15) is 43.9 Å². The van der Waals surface area contributed by atoms with E-state index in [0.29, 0.717) is 11.5 Å². The first-order valence-electron chi connectivity index (χ1n) is 8.80. The third kappa shape index (κ3) is 4.09. The molecule has 1 aromatic carbocycles. The van der Waals surface area contributed by atoms with Crippen LogP contribution < -0.4 is 0 Å². The van der Waals surface area contributed by atoms with Crippen LogP contribution in [-0.4, -0.2) is 66.0 Å². The van der Waals surface area contributed by atoms with E-state index in [9.17, 15) is 27.6 Å². The van der Waals surface area contributed by atoms with Gasteiger partial charge >= 0.3 is 6.18 Å². The normalized spacial score (nSPS) is 19.1. The third-order valence-electron chi connectivity index (χ3n) is 4.63. The van der Waals surface area contributed by atoms with Gasteiger partial charge in [-0.05, 0) is 31.0 Å². The van der Waals surface area contributed by atoms with Crippen molar-refractivity contribution in [2.45, 2.75) is 25.1 Å². The molecule has 0 aromatic heterocycles. The molecule has 0 radical (unpaired) electrons. The summed E-state index contributed by atoms with van der Waals surface area (Å²) in [6.07, 6.45) is -2.01. The first kappa shape index (κ1) is 20.1. The minimum absolute atomic E-state index is 0.0133. The number of amides is 3. The number of alkyl halides is 3. The Morgan fingerprint density at radius 2 is 2.00 bits per heavy atom. The second kappa shape index (κ2) is 7.75. The molecule has 1 fully saturated rings. The molecule has 0 bridgehead atoms. The molecule has 2 aliphatic rings. The summed E-state index contributed by atoms with van der Waals surface area (Å²) in [6, 6.07) is 3.74. The molecule has 0 saturated carbocycles. The van der Waals surface area contributed by atoms with Crippen molar-refractivity contribution in [3.05, 3.63) is 47.5 Å². The highest BCUT2D eigenvalue weighted by atomic mass is 19.4. The molecular formula is C19H19F3N2O4. The summed E-state index contributed by atoms with van der Waals surface area (Å²) in [7, 11) is 0. The molecule has 0 spiro atoms. The minimum atomic E-state index is -4.57. The van der Waals surface area contributed by atoms with Gasteiger partial charge in [-0.25, -0.2) is 0 Å². The highest BCUT2D eigenvalue weighted by Gasteiger charge is 2.39. The van der Waals surface area contributed by atoms with Crippen LogP contribution >= 0.6 is 0 Å². The molecular weight excluding hydrogens is 377 g/mol. The van der Waals surface area contributed by atoms with Crippen LogP contribution in [-0.2, 0) is 4.74 Å². The van der Waals surface area contributed by atoms with Gasteiger partial charge in [0.15, 0.2) is 0 Å². The number of halogens is 3. The summed E-state index contributed by atoms with van der Waals surface area (Å²) in [5.74, 6) is -1.96. The van der Waals surface area contributed by atoms with E-state index in [1.165, 1.54) is 24.3 Å². The number of carbonyl (C=O) groups excluding carboxylic acids is 3. The highest BCUT2D eigenvalue weighted by molar-refractivity contribution is 6.22. The Morgan fingerprint density at radius 1 is 1.29 bits per heavy atom. The van der Waals surface area contributed by atoms with Crippen LogP contribution in [0.4, 0.5) is 13.2 Å². The summed E-state index contributed by atoms with van der Waals surface area (Å²) in [5.41, 5.74) is 0.0509. The Morgan fingerprint density at radius 3 is 2.61 bits per heavy atom. The second-order valence-electron chi connectivity index (χ2n) is 6.71. The molecule has 6 nitrogen and oxygen atoms in total.